The molecule has 0 saturated carbocycles. The lowest BCUT2D eigenvalue weighted by molar-refractivity contribution is 0.0699. The van der Waals surface area contributed by atoms with Crippen molar-refractivity contribution >= 4 is 62.7 Å². The first-order valence-corrected chi connectivity index (χ1v) is 20.6. The highest BCUT2D eigenvalue weighted by molar-refractivity contribution is 6.35. The molecule has 0 bridgehead atoms. The van der Waals surface area contributed by atoms with Gasteiger partial charge in [-0.3, -0.25) is 14.4 Å². The number of carbonyl (C=O) groups is 2. The Labute approximate surface area is 354 Å². The zero-order chi connectivity index (χ0) is 42.4. The summed E-state index contributed by atoms with van der Waals surface area (Å²) in [4.78, 5) is 32.5. The van der Waals surface area contributed by atoms with Crippen LogP contribution in [0.5, 0.6) is 11.5 Å². The van der Waals surface area contributed by atoms with Crippen molar-refractivity contribution in [3.05, 3.63) is 91.8 Å². The first-order chi connectivity index (χ1) is 28.1. The van der Waals surface area contributed by atoms with E-state index in [9.17, 15) is 9.90 Å². The third-order valence-electron chi connectivity index (χ3n) is 11.4. The molecule has 1 amide bonds. The summed E-state index contributed by atoms with van der Waals surface area (Å²) in [7, 11) is 7.44. The standard InChI is InChI=1S/C45H52Cl2N6O6/c1-25-21-31(22-26(2)40(25)47)58-18-10-11-32-33-13-14-35(46)39(37-28(4)48-50(8)29(37)5)41(33)53-27(3)24-52(44(54)42(32)53)43-38(45(55)56)34-23-30(59-20-16-49(6)7)12-15-36(34)51(43)17-19-57-9/h12-15,21-23,27H,10-11,16-20,24H2,1-9H3,(H,55,56). The number of amides is 1. The number of likely N-dealkylation sites (N-methyl/N-ethyl adjacent to an activating group) is 1. The summed E-state index contributed by atoms with van der Waals surface area (Å²) in [5.74, 6) is 0.155. The van der Waals surface area contributed by atoms with Gasteiger partial charge in [-0.15, -0.1) is 0 Å². The van der Waals surface area contributed by atoms with Gasteiger partial charge in [-0.1, -0.05) is 29.3 Å². The van der Waals surface area contributed by atoms with E-state index in [1.807, 2.05) is 99.4 Å². The van der Waals surface area contributed by atoms with Crippen molar-refractivity contribution in [2.24, 2.45) is 7.05 Å². The van der Waals surface area contributed by atoms with E-state index in [2.05, 4.69) is 11.5 Å². The van der Waals surface area contributed by atoms with Crippen molar-refractivity contribution < 1.29 is 28.9 Å². The van der Waals surface area contributed by atoms with Gasteiger partial charge in [-0.05, 0) is 115 Å². The monoisotopic (exact) mass is 842 g/mol. The Hall–Kier alpha value is -5.01. The molecule has 3 aromatic carbocycles. The van der Waals surface area contributed by atoms with E-state index >= 15 is 4.79 Å². The van der Waals surface area contributed by atoms with Crippen LogP contribution < -0.4 is 14.4 Å². The number of nitrogens with zero attached hydrogens (tertiary/aromatic N) is 6. The average molecular weight is 844 g/mol. The summed E-state index contributed by atoms with van der Waals surface area (Å²) in [6.45, 7) is 12.3. The number of aromatic nitrogens is 4. The molecule has 0 aliphatic carbocycles. The number of anilines is 1. The number of methoxy groups -OCH3 is 1. The molecule has 1 aliphatic heterocycles. The van der Waals surface area contributed by atoms with Gasteiger partial charge in [0.05, 0.1) is 35.0 Å². The SMILES string of the molecule is COCCn1c(N2CC(C)n3c(c(CCCOc4cc(C)c(Cl)c(C)c4)c4ccc(Cl)c(-c5c(C)nn(C)c5C)c43)C2=O)c(C(=O)O)c2cc(OCCN(C)C)ccc21. The summed E-state index contributed by atoms with van der Waals surface area (Å²) < 4.78 is 23.7. The number of aryl methyl sites for hydroxylation is 5. The Kier molecular flexibility index (Phi) is 12.1. The molecular weight excluding hydrogens is 791 g/mol. The Morgan fingerprint density at radius 2 is 1.66 bits per heavy atom. The number of carboxylic acids is 1. The lowest BCUT2D eigenvalue weighted by Gasteiger charge is -2.35. The molecule has 12 nitrogen and oxygen atoms in total. The zero-order valence-electron chi connectivity index (χ0n) is 35.2. The van der Waals surface area contributed by atoms with Gasteiger partial charge in [0, 0.05) is 72.4 Å². The highest BCUT2D eigenvalue weighted by atomic mass is 35.5. The van der Waals surface area contributed by atoms with E-state index in [1.54, 1.807) is 18.1 Å². The number of benzene rings is 3. The third kappa shape index (κ3) is 7.67. The van der Waals surface area contributed by atoms with Crippen molar-refractivity contribution in [3.63, 3.8) is 0 Å². The van der Waals surface area contributed by atoms with Gasteiger partial charge in [0.1, 0.15) is 35.2 Å². The van der Waals surface area contributed by atoms with Crippen LogP contribution in [0.3, 0.4) is 0 Å². The largest absolute Gasteiger partial charge is 0.494 e. The smallest absolute Gasteiger partial charge is 0.340 e. The fourth-order valence-electron chi connectivity index (χ4n) is 8.57. The minimum Gasteiger partial charge on any atom is -0.494 e. The number of carbonyl (C=O) groups excluding carboxylic acids is 1. The first-order valence-electron chi connectivity index (χ1n) is 19.9. The van der Waals surface area contributed by atoms with Crippen LogP contribution in [-0.4, -0.2) is 94.9 Å². The molecule has 14 heteroatoms. The Bertz CT molecular complexity index is 2580. The second kappa shape index (κ2) is 16.9. The van der Waals surface area contributed by atoms with Crippen LogP contribution in [0.15, 0.2) is 42.5 Å². The lowest BCUT2D eigenvalue weighted by atomic mass is 9.98. The second-order valence-electron chi connectivity index (χ2n) is 15.8. The van der Waals surface area contributed by atoms with E-state index < -0.39 is 5.97 Å². The van der Waals surface area contributed by atoms with Crippen LogP contribution in [-0.2, 0) is 24.8 Å². The van der Waals surface area contributed by atoms with Crippen LogP contribution in [0.2, 0.25) is 10.0 Å². The summed E-state index contributed by atoms with van der Waals surface area (Å²) in [5.41, 5.74) is 8.29. The normalized spacial score (nSPS) is 14.3. The van der Waals surface area contributed by atoms with Gasteiger partial charge in [0.15, 0.2) is 0 Å². The molecule has 1 atom stereocenters. The number of halogens is 2. The molecule has 1 unspecified atom stereocenters. The van der Waals surface area contributed by atoms with Gasteiger partial charge in [0.25, 0.3) is 5.91 Å². The molecule has 0 radical (unpaired) electrons. The topological polar surface area (TPSA) is 116 Å². The predicted molar refractivity (Wildman–Crippen MR) is 235 cm³/mol. The van der Waals surface area contributed by atoms with E-state index in [1.165, 1.54) is 0 Å². The summed E-state index contributed by atoms with van der Waals surface area (Å²) in [5, 5.41) is 18.3. The molecule has 7 rings (SSSR count). The molecule has 0 saturated heterocycles. The molecule has 1 aliphatic rings. The van der Waals surface area contributed by atoms with Crippen molar-refractivity contribution in [1.29, 1.82) is 0 Å². The third-order valence-corrected chi connectivity index (χ3v) is 12.3. The van der Waals surface area contributed by atoms with Gasteiger partial charge in [-0.25, -0.2) is 4.79 Å². The number of rotatable bonds is 15. The highest BCUT2D eigenvalue weighted by Gasteiger charge is 2.40. The Morgan fingerprint density at radius 3 is 2.31 bits per heavy atom. The first kappa shape index (κ1) is 42.1. The zero-order valence-corrected chi connectivity index (χ0v) is 36.7. The maximum atomic E-state index is 15.5. The second-order valence-corrected chi connectivity index (χ2v) is 16.5. The Balaban J connectivity index is 1.40. The van der Waals surface area contributed by atoms with Crippen LogP contribution in [0.1, 0.15) is 68.3 Å². The molecule has 0 spiro atoms. The molecule has 3 aromatic heterocycles. The summed E-state index contributed by atoms with van der Waals surface area (Å²) in [6, 6.07) is 12.9. The number of aromatic carboxylic acids is 1. The number of hydrogen-bond donors (Lipinski definition) is 1. The molecule has 4 heterocycles. The fraction of sp³-hybridized carbons (Fsp3) is 0.400. The van der Waals surface area contributed by atoms with E-state index in [-0.39, 0.29) is 24.1 Å². The molecule has 1 N–H and O–H groups in total. The highest BCUT2D eigenvalue weighted by Crippen LogP contribution is 2.46. The summed E-state index contributed by atoms with van der Waals surface area (Å²) in [6.07, 6.45) is 1.11. The van der Waals surface area contributed by atoms with E-state index in [0.717, 1.165) is 60.9 Å². The molecular formula is C45H52Cl2N6O6. The minimum absolute atomic E-state index is 0.0353. The molecule has 312 valence electrons. The van der Waals surface area contributed by atoms with Crippen molar-refractivity contribution in [1.82, 2.24) is 23.8 Å². The number of carboxylic acid groups (broad SMARTS) is 1. The number of fused-ring (bicyclic) bond motifs is 4. The predicted octanol–water partition coefficient (Wildman–Crippen LogP) is 9.05. The summed E-state index contributed by atoms with van der Waals surface area (Å²) >= 11 is 13.6. The van der Waals surface area contributed by atoms with Crippen LogP contribution in [0.4, 0.5) is 5.82 Å². The van der Waals surface area contributed by atoms with E-state index in [4.69, 9.17) is 42.5 Å². The maximum absolute atomic E-state index is 15.5. The lowest BCUT2D eigenvalue weighted by Crippen LogP contribution is -2.44. The van der Waals surface area contributed by atoms with Crippen LogP contribution in [0.25, 0.3) is 32.9 Å². The van der Waals surface area contributed by atoms with Gasteiger partial charge < -0.3 is 33.4 Å². The fourth-order valence-corrected chi connectivity index (χ4v) is 8.92. The van der Waals surface area contributed by atoms with Crippen molar-refractivity contribution in [3.8, 4) is 22.6 Å². The minimum atomic E-state index is -1.14. The average Bonchev–Trinajstić information content (AvgIpc) is 3.78. The molecule has 6 aromatic rings. The molecule has 0 fully saturated rings. The maximum Gasteiger partial charge on any atom is 0.340 e. The Morgan fingerprint density at radius 1 is 0.949 bits per heavy atom. The number of ether oxygens (including phenoxy) is 3. The van der Waals surface area contributed by atoms with Crippen LogP contribution in [0, 0.1) is 27.7 Å². The quantitative estimate of drug-likeness (QED) is 0.102. The van der Waals surface area contributed by atoms with Crippen molar-refractivity contribution in [2.45, 2.75) is 60.0 Å². The number of hydrogen-bond acceptors (Lipinski definition) is 7. The van der Waals surface area contributed by atoms with Crippen molar-refractivity contribution in [2.75, 3.05) is 59.0 Å². The van der Waals surface area contributed by atoms with Gasteiger partial charge >= 0.3 is 5.97 Å². The molecule has 59 heavy (non-hydrogen) atoms. The van der Waals surface area contributed by atoms with E-state index in [0.29, 0.717) is 78.9 Å². The van der Waals surface area contributed by atoms with Gasteiger partial charge in [-0.2, -0.15) is 5.10 Å². The van der Waals surface area contributed by atoms with Crippen LogP contribution >= 0.6 is 23.2 Å². The van der Waals surface area contributed by atoms with Gasteiger partial charge in [0.2, 0.25) is 0 Å².